The molecular weight excluding hydrogens is 245 g/mol. The van der Waals surface area contributed by atoms with Gasteiger partial charge in [0, 0.05) is 0 Å². The van der Waals surface area contributed by atoms with E-state index in [4.69, 9.17) is 40.3 Å². The topological polar surface area (TPSA) is 198 Å². The van der Waals surface area contributed by atoms with Crippen LogP contribution in [0.3, 0.4) is 0 Å². The molecule has 6 N–H and O–H groups in total. The van der Waals surface area contributed by atoms with Crippen molar-refractivity contribution in [2.24, 2.45) is 5.90 Å². The Balaban J connectivity index is -0.0000000491. The Bertz CT molecular complexity index is 214. The van der Waals surface area contributed by atoms with Crippen molar-refractivity contribution in [3.05, 3.63) is 0 Å². The molecule has 0 aliphatic heterocycles. The first-order valence-electron chi connectivity index (χ1n) is 1.64. The number of hydrogen-bond donors (Lipinski definition) is 5. The van der Waals surface area contributed by atoms with Crippen LogP contribution in [0.25, 0.3) is 0 Å². The van der Waals surface area contributed by atoms with Crippen molar-refractivity contribution in [3.63, 3.8) is 0 Å². The fourth-order valence-corrected chi connectivity index (χ4v) is 0. The average molecular weight is 251 g/mol. The second-order valence-corrected chi connectivity index (χ2v) is 2.63. The Morgan fingerprint density at radius 3 is 0.923 bits per heavy atom. The number of rotatable bonds is 0. The predicted molar refractivity (Wildman–Crippen MR) is 32.5 cm³/mol. The molecule has 0 heterocycles. The molecule has 0 fully saturated rings. The maximum atomic E-state index is 8.74. The molecule has 0 bridgehead atoms. The van der Waals surface area contributed by atoms with E-state index in [1.807, 2.05) is 0 Å². The van der Waals surface area contributed by atoms with Crippen LogP contribution < -0.4 is 35.5 Å². The molecule has 0 atom stereocenters. The quantitative estimate of drug-likeness (QED) is 0.120. The summed E-state index contributed by atoms with van der Waals surface area (Å²) in [5.41, 5.74) is 0. The molecule has 0 unspecified atom stereocenters. The summed E-state index contributed by atoms with van der Waals surface area (Å²) in [5, 5.41) is 6.50. The van der Waals surface area contributed by atoms with Crippen LogP contribution in [0.1, 0.15) is 0 Å². The van der Waals surface area contributed by atoms with Gasteiger partial charge in [0.1, 0.15) is 0 Å². The minimum Gasteiger partial charge on any atom is -0.726 e. The third-order valence-electron chi connectivity index (χ3n) is 0. The van der Waals surface area contributed by atoms with Crippen LogP contribution in [0.15, 0.2) is 0 Å². The monoisotopic (exact) mass is 251 g/mol. The third-order valence-corrected chi connectivity index (χ3v) is 0. The van der Waals surface area contributed by atoms with E-state index >= 15 is 0 Å². The van der Waals surface area contributed by atoms with E-state index in [0.29, 0.717) is 0 Å². The molecule has 0 aromatic carbocycles. The Morgan fingerprint density at radius 2 is 0.923 bits per heavy atom. The molecule has 0 saturated carbocycles. The summed E-state index contributed by atoms with van der Waals surface area (Å²) in [7, 11) is -9.58. The second kappa shape index (κ2) is 10.7. The van der Waals surface area contributed by atoms with Gasteiger partial charge in [0.2, 0.25) is 10.4 Å². The third kappa shape index (κ3) is 3300. The summed E-state index contributed by atoms with van der Waals surface area (Å²) in [6.07, 6.45) is 0. The maximum Gasteiger partial charge on any atom is 1.00 e. The molecule has 0 spiro atoms. The summed E-state index contributed by atoms with van der Waals surface area (Å²) in [5.74, 6) is 3.50. The van der Waals surface area contributed by atoms with Crippen molar-refractivity contribution in [2.45, 2.75) is 0 Å². The van der Waals surface area contributed by atoms with E-state index in [-0.39, 0.29) is 29.6 Å². The zero-order chi connectivity index (χ0) is 11.0. The zero-order valence-corrected chi connectivity index (χ0v) is 9.86. The molecule has 0 aromatic rings. The Hall–Kier alpha value is 0.660. The van der Waals surface area contributed by atoms with Crippen molar-refractivity contribution < 1.29 is 69.8 Å². The first-order valence-corrected chi connectivity index (χ1v) is 4.40. The van der Waals surface area contributed by atoms with Crippen molar-refractivity contribution in [1.82, 2.24) is 0 Å². The van der Waals surface area contributed by atoms with Gasteiger partial charge in [-0.1, -0.05) is 0 Å². The summed E-state index contributed by atoms with van der Waals surface area (Å²) in [6.45, 7) is 0. The van der Waals surface area contributed by atoms with Gasteiger partial charge >= 0.3 is 40.0 Å². The molecule has 0 aliphatic rings. The molecule has 0 aliphatic carbocycles. The second-order valence-electron chi connectivity index (χ2n) is 0.876. The number of nitrogens with two attached hydrogens (primary N) is 1. The fourth-order valence-electron chi connectivity index (χ4n) is 0. The van der Waals surface area contributed by atoms with E-state index in [9.17, 15) is 0 Å². The van der Waals surface area contributed by atoms with E-state index in [0.717, 1.165) is 0 Å². The molecule has 0 radical (unpaired) electrons. The van der Waals surface area contributed by atoms with Gasteiger partial charge in [-0.15, -0.1) is 0 Å². The molecule has 13 heteroatoms. The van der Waals surface area contributed by atoms with Crippen LogP contribution in [0, 0.1) is 0 Å². The van der Waals surface area contributed by atoms with Crippen molar-refractivity contribution in [3.8, 4) is 0 Å². The molecule has 0 rings (SSSR count). The van der Waals surface area contributed by atoms with Gasteiger partial charge in [0.15, 0.2) is 0 Å². The first-order chi connectivity index (χ1) is 5.00. The van der Waals surface area contributed by atoms with Gasteiger partial charge in [-0.2, -0.15) is 8.42 Å². The van der Waals surface area contributed by atoms with Crippen molar-refractivity contribution in [1.29, 1.82) is 0 Å². The molecule has 0 amide bonds. The summed E-state index contributed by atoms with van der Waals surface area (Å²) in [6, 6.07) is 0. The Labute approximate surface area is 96.2 Å². The van der Waals surface area contributed by atoms with Crippen molar-refractivity contribution >= 4 is 20.8 Å². The molecule has 13 heavy (non-hydrogen) atoms. The standard InChI is InChI=1S/H3NO.Na.2H2O4S/c1-2;;2*1-5(2,3)4/h2H,1H2;;2*(H2,1,2,3,4)/q;+1;;/p-1. The first kappa shape index (κ1) is 23.5. The van der Waals surface area contributed by atoms with Gasteiger partial charge in [0.25, 0.3) is 0 Å². The van der Waals surface area contributed by atoms with Crippen LogP contribution in [0.5, 0.6) is 0 Å². The summed E-state index contributed by atoms with van der Waals surface area (Å²) >= 11 is 0. The van der Waals surface area contributed by atoms with Crippen LogP contribution >= 0.6 is 0 Å². The molecule has 10 nitrogen and oxygen atoms in total. The molecule has 78 valence electrons. The smallest absolute Gasteiger partial charge is 0.726 e. The SMILES string of the molecule is NO.O=S(=O)(O)O.O=S(=O)([O-])O.[Na+]. The van der Waals surface area contributed by atoms with Gasteiger partial charge in [-0.3, -0.25) is 13.7 Å². The van der Waals surface area contributed by atoms with Crippen LogP contribution in [-0.2, 0) is 20.8 Å². The minimum atomic E-state index is -4.92. The molecule has 0 aromatic heterocycles. The predicted octanol–water partition coefficient (Wildman–Crippen LogP) is -5.31. The zero-order valence-electron chi connectivity index (χ0n) is 6.22. The largest absolute Gasteiger partial charge is 1.00 e. The summed E-state index contributed by atoms with van der Waals surface area (Å²) < 4.78 is 64.4. The van der Waals surface area contributed by atoms with Gasteiger partial charge in [0.05, 0.1) is 0 Å². The fraction of sp³-hybridized carbons (Fsp3) is 0. The maximum absolute atomic E-state index is 8.74. The van der Waals surface area contributed by atoms with Gasteiger partial charge in [-0.05, 0) is 0 Å². The van der Waals surface area contributed by atoms with Crippen molar-refractivity contribution in [2.75, 3.05) is 0 Å². The molecular formula is H6NNaO9S2. The van der Waals surface area contributed by atoms with Gasteiger partial charge in [-0.25, -0.2) is 14.3 Å². The van der Waals surface area contributed by atoms with Gasteiger partial charge < -0.3 is 9.76 Å². The van der Waals surface area contributed by atoms with Crippen LogP contribution in [0.4, 0.5) is 0 Å². The average Bonchev–Trinajstić information content (AvgIpc) is 1.59. The Kier molecular flexibility index (Phi) is 19.4. The van der Waals surface area contributed by atoms with Crippen LogP contribution in [0.2, 0.25) is 0 Å². The minimum absolute atomic E-state index is 0. The van der Waals surface area contributed by atoms with E-state index in [1.54, 1.807) is 0 Å². The van der Waals surface area contributed by atoms with Crippen LogP contribution in [-0.4, -0.2) is 40.3 Å². The molecule has 0 saturated heterocycles. The Morgan fingerprint density at radius 1 is 0.923 bits per heavy atom. The summed E-state index contributed by atoms with van der Waals surface area (Å²) in [4.78, 5) is 0. The van der Waals surface area contributed by atoms with E-state index in [2.05, 4.69) is 5.90 Å². The van der Waals surface area contributed by atoms with E-state index < -0.39 is 20.8 Å². The van der Waals surface area contributed by atoms with E-state index in [1.165, 1.54) is 0 Å². The number of hydrogen-bond acceptors (Lipinski definition) is 7. The normalized spacial score (nSPS) is 9.38.